The van der Waals surface area contributed by atoms with Gasteiger partial charge >= 0.3 is 0 Å². The zero-order valence-electron chi connectivity index (χ0n) is 19.3. The Bertz CT molecular complexity index is 860. The Kier molecular flexibility index (Phi) is 10.3. The van der Waals surface area contributed by atoms with Gasteiger partial charge in [0, 0.05) is 0 Å². The summed E-state index contributed by atoms with van der Waals surface area (Å²) in [5.41, 5.74) is 1.50. The molecule has 0 atom stereocenters. The quantitative estimate of drug-likeness (QED) is 0.175. The minimum atomic E-state index is 1.22. The number of benzene rings is 3. The SMILES string of the molecule is CCCCCCCCCCCCCCCCc1ccc2cc3ccccc3cc2c1. The van der Waals surface area contributed by atoms with Crippen LogP contribution in [0.5, 0.6) is 0 Å². The molecule has 0 heteroatoms. The molecule has 0 N–H and O–H groups in total. The minimum absolute atomic E-state index is 1.22. The highest BCUT2D eigenvalue weighted by Crippen LogP contribution is 2.24. The second kappa shape index (κ2) is 13.5. The maximum absolute atomic E-state index is 2.41. The second-order valence-electron chi connectivity index (χ2n) is 9.23. The molecule has 30 heavy (non-hydrogen) atoms. The van der Waals surface area contributed by atoms with Crippen molar-refractivity contribution in [1.29, 1.82) is 0 Å². The van der Waals surface area contributed by atoms with Crippen molar-refractivity contribution in [2.75, 3.05) is 0 Å². The molecule has 0 aliphatic heterocycles. The first-order valence-electron chi connectivity index (χ1n) is 12.8. The van der Waals surface area contributed by atoms with Crippen molar-refractivity contribution in [1.82, 2.24) is 0 Å². The van der Waals surface area contributed by atoms with Gasteiger partial charge < -0.3 is 0 Å². The van der Waals surface area contributed by atoms with Crippen LogP contribution in [-0.4, -0.2) is 0 Å². The summed E-state index contributed by atoms with van der Waals surface area (Å²) in [4.78, 5) is 0. The van der Waals surface area contributed by atoms with Crippen LogP contribution in [0.4, 0.5) is 0 Å². The van der Waals surface area contributed by atoms with Gasteiger partial charge in [-0.2, -0.15) is 0 Å². The van der Waals surface area contributed by atoms with Gasteiger partial charge in [-0.05, 0) is 52.1 Å². The molecule has 0 bridgehead atoms. The number of fused-ring (bicyclic) bond motifs is 2. The second-order valence-corrected chi connectivity index (χ2v) is 9.23. The minimum Gasteiger partial charge on any atom is -0.0654 e. The molecular formula is C30H42. The maximum Gasteiger partial charge on any atom is -0.0175 e. The van der Waals surface area contributed by atoms with Crippen molar-refractivity contribution in [2.45, 2.75) is 103 Å². The maximum atomic E-state index is 2.41. The molecule has 3 rings (SSSR count). The van der Waals surface area contributed by atoms with Crippen LogP contribution in [0.15, 0.2) is 54.6 Å². The van der Waals surface area contributed by atoms with E-state index >= 15 is 0 Å². The van der Waals surface area contributed by atoms with Crippen molar-refractivity contribution in [2.24, 2.45) is 0 Å². The topological polar surface area (TPSA) is 0 Å². The molecule has 3 aromatic rings. The van der Waals surface area contributed by atoms with Crippen LogP contribution < -0.4 is 0 Å². The van der Waals surface area contributed by atoms with Crippen LogP contribution in [0, 0.1) is 0 Å². The van der Waals surface area contributed by atoms with Gasteiger partial charge in [-0.15, -0.1) is 0 Å². The van der Waals surface area contributed by atoms with Gasteiger partial charge in [-0.25, -0.2) is 0 Å². The molecule has 0 aromatic heterocycles. The molecule has 0 nitrogen and oxygen atoms in total. The number of hydrogen-bond acceptors (Lipinski definition) is 0. The Morgan fingerprint density at radius 2 is 0.900 bits per heavy atom. The van der Waals surface area contributed by atoms with E-state index in [9.17, 15) is 0 Å². The lowest BCUT2D eigenvalue weighted by Crippen LogP contribution is -1.87. The Morgan fingerprint density at radius 1 is 0.433 bits per heavy atom. The molecule has 0 fully saturated rings. The fraction of sp³-hybridized carbons (Fsp3) is 0.533. The molecule has 0 unspecified atom stereocenters. The monoisotopic (exact) mass is 402 g/mol. The molecule has 0 saturated heterocycles. The van der Waals surface area contributed by atoms with Gasteiger partial charge in [0.15, 0.2) is 0 Å². The van der Waals surface area contributed by atoms with E-state index in [-0.39, 0.29) is 0 Å². The molecule has 0 aliphatic carbocycles. The van der Waals surface area contributed by atoms with E-state index in [4.69, 9.17) is 0 Å². The fourth-order valence-electron chi connectivity index (χ4n) is 4.67. The number of unbranched alkanes of at least 4 members (excludes halogenated alkanes) is 13. The van der Waals surface area contributed by atoms with Crippen molar-refractivity contribution < 1.29 is 0 Å². The van der Waals surface area contributed by atoms with E-state index in [1.165, 1.54) is 123 Å². The largest absolute Gasteiger partial charge is 0.0654 e. The Labute approximate surface area is 185 Å². The highest BCUT2D eigenvalue weighted by molar-refractivity contribution is 5.98. The summed E-state index contributed by atoms with van der Waals surface area (Å²) in [6, 6.07) is 20.4. The lowest BCUT2D eigenvalue weighted by molar-refractivity contribution is 0.535. The molecule has 0 radical (unpaired) electrons. The summed E-state index contributed by atoms with van der Waals surface area (Å²) in [6.45, 7) is 2.30. The number of rotatable bonds is 15. The summed E-state index contributed by atoms with van der Waals surface area (Å²) < 4.78 is 0. The molecule has 3 aromatic carbocycles. The summed E-state index contributed by atoms with van der Waals surface area (Å²) in [6.07, 6.45) is 21.2. The van der Waals surface area contributed by atoms with Crippen LogP contribution in [0.25, 0.3) is 21.5 Å². The van der Waals surface area contributed by atoms with Crippen LogP contribution >= 0.6 is 0 Å². The van der Waals surface area contributed by atoms with Crippen molar-refractivity contribution in [3.8, 4) is 0 Å². The van der Waals surface area contributed by atoms with Gasteiger partial charge in [0.1, 0.15) is 0 Å². The van der Waals surface area contributed by atoms with E-state index in [2.05, 4.69) is 61.5 Å². The van der Waals surface area contributed by atoms with Crippen LogP contribution in [0.2, 0.25) is 0 Å². The third kappa shape index (κ3) is 7.78. The van der Waals surface area contributed by atoms with Crippen molar-refractivity contribution in [3.05, 3.63) is 60.2 Å². The lowest BCUT2D eigenvalue weighted by atomic mass is 9.99. The molecule has 0 spiro atoms. The van der Waals surface area contributed by atoms with Crippen molar-refractivity contribution >= 4 is 21.5 Å². The first kappa shape index (κ1) is 22.9. The highest BCUT2D eigenvalue weighted by Gasteiger charge is 2.01. The average Bonchev–Trinajstić information content (AvgIpc) is 2.78. The summed E-state index contributed by atoms with van der Waals surface area (Å²) in [7, 11) is 0. The zero-order valence-corrected chi connectivity index (χ0v) is 19.3. The third-order valence-corrected chi connectivity index (χ3v) is 6.59. The van der Waals surface area contributed by atoms with Gasteiger partial charge in [0.25, 0.3) is 0 Å². The lowest BCUT2D eigenvalue weighted by Gasteiger charge is -2.06. The molecule has 0 amide bonds. The first-order chi connectivity index (χ1) is 14.9. The third-order valence-electron chi connectivity index (χ3n) is 6.59. The Morgan fingerprint density at radius 3 is 1.47 bits per heavy atom. The molecule has 162 valence electrons. The van der Waals surface area contributed by atoms with Crippen LogP contribution in [-0.2, 0) is 6.42 Å². The highest BCUT2D eigenvalue weighted by atomic mass is 14.1. The molecular weight excluding hydrogens is 360 g/mol. The summed E-state index contributed by atoms with van der Waals surface area (Å²) in [5.74, 6) is 0. The van der Waals surface area contributed by atoms with Crippen LogP contribution in [0.3, 0.4) is 0 Å². The van der Waals surface area contributed by atoms with Gasteiger partial charge in [0.05, 0.1) is 0 Å². The number of hydrogen-bond donors (Lipinski definition) is 0. The van der Waals surface area contributed by atoms with Gasteiger partial charge in [-0.3, -0.25) is 0 Å². The van der Waals surface area contributed by atoms with E-state index < -0.39 is 0 Å². The molecule has 0 aliphatic rings. The average molecular weight is 403 g/mol. The normalized spacial score (nSPS) is 11.5. The van der Waals surface area contributed by atoms with Gasteiger partial charge in [0.2, 0.25) is 0 Å². The standard InChI is InChI=1S/C30H42/c1-2-3-4-5-6-7-8-9-10-11-12-13-14-15-18-26-21-22-29-24-27-19-16-17-20-28(27)25-30(29)23-26/h16-17,19-25H,2-15,18H2,1H3. The van der Waals surface area contributed by atoms with E-state index in [0.717, 1.165) is 0 Å². The first-order valence-corrected chi connectivity index (χ1v) is 12.8. The smallest absolute Gasteiger partial charge is 0.0175 e. The summed E-state index contributed by atoms with van der Waals surface area (Å²) >= 11 is 0. The van der Waals surface area contributed by atoms with Gasteiger partial charge in [-0.1, -0.05) is 133 Å². The zero-order chi connectivity index (χ0) is 20.9. The Hall–Kier alpha value is -1.82. The molecule has 0 heterocycles. The predicted molar refractivity (Wildman–Crippen MR) is 135 cm³/mol. The number of aryl methyl sites for hydroxylation is 1. The predicted octanol–water partition coefficient (Wildman–Crippen LogP) is 10.0. The van der Waals surface area contributed by atoms with Crippen LogP contribution in [0.1, 0.15) is 102 Å². The van der Waals surface area contributed by atoms with E-state index in [1.54, 1.807) is 0 Å². The van der Waals surface area contributed by atoms with E-state index in [0.29, 0.717) is 0 Å². The summed E-state index contributed by atoms with van der Waals surface area (Å²) in [5, 5.41) is 5.43. The van der Waals surface area contributed by atoms with Crippen molar-refractivity contribution in [3.63, 3.8) is 0 Å². The molecule has 0 saturated carbocycles. The van der Waals surface area contributed by atoms with E-state index in [1.807, 2.05) is 0 Å². The Balaban J connectivity index is 1.24. The fourth-order valence-corrected chi connectivity index (χ4v) is 4.67.